The molecule has 0 bridgehead atoms. The van der Waals surface area contributed by atoms with Gasteiger partial charge in [-0.25, -0.2) is 13.9 Å². The van der Waals surface area contributed by atoms with Gasteiger partial charge in [-0.3, -0.25) is 0 Å². The van der Waals surface area contributed by atoms with Gasteiger partial charge in [-0.15, -0.1) is 0 Å². The molecule has 6 nitrogen and oxygen atoms in total. The molecule has 1 aromatic heterocycles. The maximum Gasteiger partial charge on any atom is 0.319 e. The van der Waals surface area contributed by atoms with Gasteiger partial charge in [-0.05, 0) is 44.0 Å². The van der Waals surface area contributed by atoms with Crippen LogP contribution >= 0.6 is 0 Å². The Morgan fingerprint density at radius 2 is 2.22 bits per heavy atom. The summed E-state index contributed by atoms with van der Waals surface area (Å²) in [4.78, 5) is 11.9. The lowest BCUT2D eigenvalue weighted by atomic mass is 10.0. The Balaban J connectivity index is 2.10. The van der Waals surface area contributed by atoms with Crippen molar-refractivity contribution in [1.29, 1.82) is 0 Å². The molecular weight excluding hydrogens is 299 g/mol. The van der Waals surface area contributed by atoms with Gasteiger partial charge in [-0.1, -0.05) is 6.92 Å². The van der Waals surface area contributed by atoms with Gasteiger partial charge < -0.3 is 15.7 Å². The fourth-order valence-electron chi connectivity index (χ4n) is 1.99. The van der Waals surface area contributed by atoms with E-state index in [1.165, 1.54) is 10.7 Å². The number of carbonyl (C=O) groups excluding carboxylic acids is 1. The van der Waals surface area contributed by atoms with Gasteiger partial charge in [0, 0.05) is 11.9 Å². The summed E-state index contributed by atoms with van der Waals surface area (Å²) in [7, 11) is 0. The second-order valence-corrected chi connectivity index (χ2v) is 5.78. The van der Waals surface area contributed by atoms with Crippen LogP contribution in [0.3, 0.4) is 0 Å². The number of hydrogen-bond donors (Lipinski definition) is 3. The number of amides is 2. The largest absolute Gasteiger partial charge is 0.394 e. The van der Waals surface area contributed by atoms with E-state index in [0.717, 1.165) is 5.56 Å². The number of rotatable bonds is 5. The predicted octanol–water partition coefficient (Wildman–Crippen LogP) is 2.60. The zero-order valence-corrected chi connectivity index (χ0v) is 13.4. The Morgan fingerprint density at radius 3 is 2.74 bits per heavy atom. The molecule has 0 aliphatic carbocycles. The minimum Gasteiger partial charge on any atom is -0.394 e. The van der Waals surface area contributed by atoms with Crippen LogP contribution in [0.2, 0.25) is 0 Å². The van der Waals surface area contributed by atoms with Crippen LogP contribution in [0.1, 0.15) is 25.8 Å². The lowest BCUT2D eigenvalue weighted by molar-refractivity contribution is 0.172. The van der Waals surface area contributed by atoms with Crippen molar-refractivity contribution in [2.24, 2.45) is 0 Å². The molecule has 2 rings (SSSR count). The van der Waals surface area contributed by atoms with Gasteiger partial charge in [0.1, 0.15) is 5.69 Å². The van der Waals surface area contributed by atoms with Crippen molar-refractivity contribution in [1.82, 2.24) is 15.1 Å². The van der Waals surface area contributed by atoms with E-state index in [1.807, 2.05) is 13.8 Å². The Bertz CT molecular complexity index is 695. The number of anilines is 1. The molecule has 23 heavy (non-hydrogen) atoms. The number of hydrogen-bond acceptors (Lipinski definition) is 3. The number of benzene rings is 1. The highest BCUT2D eigenvalue weighted by molar-refractivity contribution is 5.89. The number of aliphatic hydroxyl groups excluding tert-OH is 1. The Labute approximate surface area is 134 Å². The highest BCUT2D eigenvalue weighted by Crippen LogP contribution is 2.18. The molecule has 1 heterocycles. The van der Waals surface area contributed by atoms with Gasteiger partial charge in [0.05, 0.1) is 18.3 Å². The maximum atomic E-state index is 14.2. The monoisotopic (exact) mass is 320 g/mol. The summed E-state index contributed by atoms with van der Waals surface area (Å²) in [6.45, 7) is 5.28. The van der Waals surface area contributed by atoms with E-state index in [1.54, 1.807) is 31.5 Å². The van der Waals surface area contributed by atoms with E-state index >= 15 is 0 Å². The third kappa shape index (κ3) is 4.07. The molecule has 3 N–H and O–H groups in total. The van der Waals surface area contributed by atoms with Crippen LogP contribution < -0.4 is 10.6 Å². The van der Waals surface area contributed by atoms with Crippen molar-refractivity contribution in [3.8, 4) is 5.69 Å². The topological polar surface area (TPSA) is 79.2 Å². The first-order valence-corrected chi connectivity index (χ1v) is 7.38. The SMILES string of the molecule is CCC(C)(CO)NC(=O)Nc1ccc(-n2cc(C)cn2)c(F)c1. The van der Waals surface area contributed by atoms with Crippen LogP contribution in [0.4, 0.5) is 14.9 Å². The van der Waals surface area contributed by atoms with Crippen molar-refractivity contribution < 1.29 is 14.3 Å². The summed E-state index contributed by atoms with van der Waals surface area (Å²) >= 11 is 0. The summed E-state index contributed by atoms with van der Waals surface area (Å²) in [5, 5.41) is 18.6. The van der Waals surface area contributed by atoms with E-state index in [0.29, 0.717) is 17.8 Å². The molecule has 0 aliphatic rings. The Morgan fingerprint density at radius 1 is 1.48 bits per heavy atom. The van der Waals surface area contributed by atoms with E-state index < -0.39 is 17.4 Å². The highest BCUT2D eigenvalue weighted by Gasteiger charge is 2.23. The van der Waals surface area contributed by atoms with Gasteiger partial charge >= 0.3 is 6.03 Å². The molecule has 0 fully saturated rings. The lowest BCUT2D eigenvalue weighted by Crippen LogP contribution is -2.50. The number of carbonyl (C=O) groups is 1. The average molecular weight is 320 g/mol. The van der Waals surface area contributed by atoms with E-state index in [-0.39, 0.29) is 6.61 Å². The summed E-state index contributed by atoms with van der Waals surface area (Å²) in [6, 6.07) is 3.87. The number of urea groups is 1. The molecule has 7 heteroatoms. The quantitative estimate of drug-likeness (QED) is 0.792. The average Bonchev–Trinajstić information content (AvgIpc) is 2.93. The molecule has 1 atom stereocenters. The van der Waals surface area contributed by atoms with Gasteiger partial charge in [0.2, 0.25) is 0 Å². The van der Waals surface area contributed by atoms with Crippen molar-refractivity contribution in [2.45, 2.75) is 32.7 Å². The van der Waals surface area contributed by atoms with E-state index in [9.17, 15) is 14.3 Å². The van der Waals surface area contributed by atoms with E-state index in [4.69, 9.17) is 0 Å². The normalized spacial score (nSPS) is 13.4. The second-order valence-electron chi connectivity index (χ2n) is 5.78. The molecule has 0 aliphatic heterocycles. The van der Waals surface area contributed by atoms with Crippen LogP contribution in [0.15, 0.2) is 30.6 Å². The Kier molecular flexibility index (Phi) is 5.00. The zero-order valence-electron chi connectivity index (χ0n) is 13.4. The molecule has 2 amide bonds. The Hall–Kier alpha value is -2.41. The van der Waals surface area contributed by atoms with Crippen LogP contribution in [0, 0.1) is 12.7 Å². The summed E-state index contributed by atoms with van der Waals surface area (Å²) in [6.07, 6.45) is 3.93. The minimum absolute atomic E-state index is 0.178. The van der Waals surface area contributed by atoms with Crippen molar-refractivity contribution in [3.05, 3.63) is 42.0 Å². The standard InChI is InChI=1S/C16H21FN4O2/c1-4-16(3,10-22)20-15(23)19-12-5-6-14(13(17)7-12)21-9-11(2)8-18-21/h5-9,22H,4,10H2,1-3H3,(H2,19,20,23). The van der Waals surface area contributed by atoms with E-state index in [2.05, 4.69) is 15.7 Å². The molecule has 0 radical (unpaired) electrons. The molecule has 0 saturated heterocycles. The van der Waals surface area contributed by atoms with Crippen LogP contribution in [-0.4, -0.2) is 33.1 Å². The smallest absolute Gasteiger partial charge is 0.319 e. The third-order valence-corrected chi connectivity index (χ3v) is 3.71. The summed E-state index contributed by atoms with van der Waals surface area (Å²) in [5.41, 5.74) is 0.838. The lowest BCUT2D eigenvalue weighted by Gasteiger charge is -2.27. The molecule has 2 aromatic rings. The zero-order chi connectivity index (χ0) is 17.0. The third-order valence-electron chi connectivity index (χ3n) is 3.71. The minimum atomic E-state index is -0.713. The number of aliphatic hydroxyl groups is 1. The number of halogens is 1. The van der Waals surface area contributed by atoms with Crippen LogP contribution in [-0.2, 0) is 0 Å². The molecule has 1 aromatic carbocycles. The molecule has 124 valence electrons. The first kappa shape index (κ1) is 17.0. The number of aromatic nitrogens is 2. The van der Waals surface area contributed by atoms with Gasteiger partial charge in [0.25, 0.3) is 0 Å². The fourth-order valence-corrected chi connectivity index (χ4v) is 1.99. The first-order valence-electron chi connectivity index (χ1n) is 7.38. The summed E-state index contributed by atoms with van der Waals surface area (Å²) < 4.78 is 15.6. The van der Waals surface area contributed by atoms with Crippen molar-refractivity contribution >= 4 is 11.7 Å². The molecule has 0 saturated carbocycles. The molecular formula is C16H21FN4O2. The molecule has 1 unspecified atom stereocenters. The number of nitrogens with zero attached hydrogens (tertiary/aromatic N) is 2. The summed E-state index contributed by atoms with van der Waals surface area (Å²) in [5.74, 6) is -0.494. The van der Waals surface area contributed by atoms with Gasteiger partial charge in [0.15, 0.2) is 5.82 Å². The van der Waals surface area contributed by atoms with Crippen LogP contribution in [0.5, 0.6) is 0 Å². The van der Waals surface area contributed by atoms with Crippen LogP contribution in [0.25, 0.3) is 5.69 Å². The first-order chi connectivity index (χ1) is 10.9. The number of nitrogens with one attached hydrogen (secondary N) is 2. The maximum absolute atomic E-state index is 14.2. The predicted molar refractivity (Wildman–Crippen MR) is 86.2 cm³/mol. The molecule has 0 spiro atoms. The van der Waals surface area contributed by atoms with Crippen molar-refractivity contribution in [3.63, 3.8) is 0 Å². The number of aryl methyl sites for hydroxylation is 1. The van der Waals surface area contributed by atoms with Crippen molar-refractivity contribution in [2.75, 3.05) is 11.9 Å². The highest BCUT2D eigenvalue weighted by atomic mass is 19.1. The van der Waals surface area contributed by atoms with Gasteiger partial charge in [-0.2, -0.15) is 5.10 Å². The fraction of sp³-hybridized carbons (Fsp3) is 0.375. The second kappa shape index (κ2) is 6.78.